The molecular formula is C18H22N2O5S. The van der Waals surface area contributed by atoms with E-state index in [9.17, 15) is 13.2 Å². The number of nitrogens with zero attached hydrogens (tertiary/aromatic N) is 2. The second kappa shape index (κ2) is 7.61. The fraction of sp³-hybridized carbons (Fsp3) is 0.389. The van der Waals surface area contributed by atoms with Gasteiger partial charge in [-0.25, -0.2) is 13.2 Å². The monoisotopic (exact) mass is 378 g/mol. The number of hydrogen-bond donors (Lipinski definition) is 0. The van der Waals surface area contributed by atoms with Crippen molar-refractivity contribution in [3.05, 3.63) is 53.5 Å². The van der Waals surface area contributed by atoms with E-state index in [4.69, 9.17) is 9.15 Å². The van der Waals surface area contributed by atoms with Gasteiger partial charge in [-0.1, -0.05) is 17.7 Å². The summed E-state index contributed by atoms with van der Waals surface area (Å²) in [5.41, 5.74) is 1.77. The maximum atomic E-state index is 12.7. The smallest absolute Gasteiger partial charge is 0.374 e. The van der Waals surface area contributed by atoms with E-state index in [1.165, 1.54) is 17.7 Å². The molecular weight excluding hydrogens is 356 g/mol. The van der Waals surface area contributed by atoms with Crippen molar-refractivity contribution in [1.82, 2.24) is 9.21 Å². The molecule has 2 aromatic rings. The van der Waals surface area contributed by atoms with E-state index in [1.807, 2.05) is 6.92 Å². The van der Waals surface area contributed by atoms with Crippen molar-refractivity contribution in [3.8, 4) is 0 Å². The van der Waals surface area contributed by atoms with Gasteiger partial charge in [-0.3, -0.25) is 4.90 Å². The number of esters is 1. The molecule has 0 unspecified atom stereocenters. The fourth-order valence-electron chi connectivity index (χ4n) is 2.96. The molecule has 1 saturated heterocycles. The highest BCUT2D eigenvalue weighted by Crippen LogP contribution is 2.20. The topological polar surface area (TPSA) is 80.1 Å². The number of piperazine rings is 1. The first kappa shape index (κ1) is 18.6. The van der Waals surface area contributed by atoms with Crippen molar-refractivity contribution in [1.29, 1.82) is 0 Å². The van der Waals surface area contributed by atoms with Crippen molar-refractivity contribution in [3.63, 3.8) is 0 Å². The van der Waals surface area contributed by atoms with E-state index < -0.39 is 16.0 Å². The van der Waals surface area contributed by atoms with Gasteiger partial charge in [-0.2, -0.15) is 4.31 Å². The molecule has 0 atom stereocenters. The van der Waals surface area contributed by atoms with Crippen LogP contribution < -0.4 is 0 Å². The minimum Gasteiger partial charge on any atom is -0.463 e. The van der Waals surface area contributed by atoms with Gasteiger partial charge in [0.2, 0.25) is 15.8 Å². The molecule has 2 heterocycles. The van der Waals surface area contributed by atoms with Crippen LogP contribution in [0.3, 0.4) is 0 Å². The molecule has 0 bridgehead atoms. The van der Waals surface area contributed by atoms with Gasteiger partial charge in [0.15, 0.2) is 0 Å². The maximum Gasteiger partial charge on any atom is 0.374 e. The summed E-state index contributed by atoms with van der Waals surface area (Å²) in [5.74, 6) is -0.312. The zero-order chi connectivity index (χ0) is 18.7. The van der Waals surface area contributed by atoms with Crippen LogP contribution >= 0.6 is 0 Å². The van der Waals surface area contributed by atoms with E-state index in [0.29, 0.717) is 37.6 Å². The lowest BCUT2D eigenvalue weighted by molar-refractivity contribution is 0.0561. The first-order valence-electron chi connectivity index (χ1n) is 8.35. The van der Waals surface area contributed by atoms with Crippen LogP contribution in [0.4, 0.5) is 0 Å². The molecule has 1 aromatic heterocycles. The molecule has 0 spiro atoms. The Balaban J connectivity index is 1.63. The van der Waals surface area contributed by atoms with Crippen LogP contribution in [0.15, 0.2) is 45.9 Å². The van der Waals surface area contributed by atoms with Gasteiger partial charge in [0.25, 0.3) is 0 Å². The Hall–Kier alpha value is -2.16. The molecule has 1 aromatic carbocycles. The quantitative estimate of drug-likeness (QED) is 0.739. The zero-order valence-electron chi connectivity index (χ0n) is 14.8. The Labute approximate surface area is 153 Å². The van der Waals surface area contributed by atoms with E-state index in [2.05, 4.69) is 4.90 Å². The van der Waals surface area contributed by atoms with Crippen LogP contribution in [0.1, 0.15) is 21.7 Å². The average molecular weight is 378 g/mol. The number of hydrogen-bond acceptors (Lipinski definition) is 6. The molecule has 0 N–H and O–H groups in total. The third-order valence-corrected chi connectivity index (χ3v) is 6.41. The van der Waals surface area contributed by atoms with E-state index in [0.717, 1.165) is 11.1 Å². The largest absolute Gasteiger partial charge is 0.463 e. The summed E-state index contributed by atoms with van der Waals surface area (Å²) in [4.78, 5) is 14.1. The van der Waals surface area contributed by atoms with Crippen LogP contribution in [0.2, 0.25) is 0 Å². The van der Waals surface area contributed by atoms with Crippen molar-refractivity contribution in [2.24, 2.45) is 0 Å². The Morgan fingerprint density at radius 2 is 1.77 bits per heavy atom. The third-order valence-electron chi connectivity index (χ3n) is 4.50. The molecule has 140 valence electrons. The molecule has 0 amide bonds. The Morgan fingerprint density at radius 3 is 2.38 bits per heavy atom. The fourth-order valence-corrected chi connectivity index (χ4v) is 4.38. The van der Waals surface area contributed by atoms with Gasteiger partial charge in [0, 0.05) is 38.3 Å². The van der Waals surface area contributed by atoms with Crippen LogP contribution in [0, 0.1) is 6.92 Å². The SMILES string of the molecule is COC(=O)c1occc1CN1CCN(S(=O)(=O)c2ccc(C)cc2)CC1. The summed E-state index contributed by atoms with van der Waals surface area (Å²) in [5, 5.41) is 0. The van der Waals surface area contributed by atoms with Crippen LogP contribution in [-0.2, 0) is 21.3 Å². The standard InChI is InChI=1S/C18H22N2O5S/c1-14-3-5-16(6-4-14)26(22,23)20-10-8-19(9-11-20)13-15-7-12-25-17(15)18(21)24-2/h3-7,12H,8-11,13H2,1-2H3. The normalized spacial score (nSPS) is 16.5. The molecule has 1 aliphatic heterocycles. The molecule has 0 radical (unpaired) electrons. The number of benzene rings is 1. The summed E-state index contributed by atoms with van der Waals surface area (Å²) in [7, 11) is -2.17. The molecule has 8 heteroatoms. The van der Waals surface area contributed by atoms with Gasteiger partial charge in [0.05, 0.1) is 18.3 Å². The highest BCUT2D eigenvalue weighted by Gasteiger charge is 2.29. The molecule has 0 saturated carbocycles. The number of furan rings is 1. The van der Waals surface area contributed by atoms with E-state index in [1.54, 1.807) is 30.3 Å². The molecule has 7 nitrogen and oxygen atoms in total. The van der Waals surface area contributed by atoms with Gasteiger partial charge < -0.3 is 9.15 Å². The summed E-state index contributed by atoms with van der Waals surface area (Å²) in [6, 6.07) is 8.63. The summed E-state index contributed by atoms with van der Waals surface area (Å²) >= 11 is 0. The summed E-state index contributed by atoms with van der Waals surface area (Å²) in [6.45, 7) is 4.41. The predicted octanol–water partition coefficient (Wildman–Crippen LogP) is 1.88. The first-order valence-corrected chi connectivity index (χ1v) is 9.79. The van der Waals surface area contributed by atoms with Crippen molar-refractivity contribution in [2.75, 3.05) is 33.3 Å². The third kappa shape index (κ3) is 3.82. The number of sulfonamides is 1. The van der Waals surface area contributed by atoms with Crippen LogP contribution in [0.5, 0.6) is 0 Å². The summed E-state index contributed by atoms with van der Waals surface area (Å²) < 4.78 is 36.9. The molecule has 3 rings (SSSR count). The molecule has 26 heavy (non-hydrogen) atoms. The van der Waals surface area contributed by atoms with Gasteiger partial charge in [-0.15, -0.1) is 0 Å². The number of methoxy groups -OCH3 is 1. The number of rotatable bonds is 5. The van der Waals surface area contributed by atoms with Gasteiger partial charge >= 0.3 is 5.97 Å². The average Bonchev–Trinajstić information content (AvgIpc) is 3.10. The number of carbonyl (C=O) groups is 1. The molecule has 1 aliphatic rings. The lowest BCUT2D eigenvalue weighted by atomic mass is 10.2. The van der Waals surface area contributed by atoms with Crippen molar-refractivity contribution >= 4 is 16.0 Å². The van der Waals surface area contributed by atoms with Crippen LogP contribution in [0.25, 0.3) is 0 Å². The number of carbonyl (C=O) groups excluding carboxylic acids is 1. The van der Waals surface area contributed by atoms with E-state index in [-0.39, 0.29) is 5.76 Å². The van der Waals surface area contributed by atoms with Crippen molar-refractivity contribution in [2.45, 2.75) is 18.4 Å². The maximum absolute atomic E-state index is 12.7. The lowest BCUT2D eigenvalue weighted by Gasteiger charge is -2.33. The zero-order valence-corrected chi connectivity index (χ0v) is 15.7. The van der Waals surface area contributed by atoms with E-state index >= 15 is 0 Å². The molecule has 0 aliphatic carbocycles. The van der Waals surface area contributed by atoms with Gasteiger partial charge in [-0.05, 0) is 25.1 Å². The second-order valence-corrected chi connectivity index (χ2v) is 8.20. The Morgan fingerprint density at radius 1 is 1.12 bits per heavy atom. The minimum absolute atomic E-state index is 0.196. The van der Waals surface area contributed by atoms with Crippen LogP contribution in [-0.4, -0.2) is 56.9 Å². The predicted molar refractivity (Wildman–Crippen MR) is 95.3 cm³/mol. The second-order valence-electron chi connectivity index (χ2n) is 6.26. The highest BCUT2D eigenvalue weighted by molar-refractivity contribution is 7.89. The highest BCUT2D eigenvalue weighted by atomic mass is 32.2. The van der Waals surface area contributed by atoms with Gasteiger partial charge in [0.1, 0.15) is 0 Å². The van der Waals surface area contributed by atoms with Crippen molar-refractivity contribution < 1.29 is 22.4 Å². The number of aryl methyl sites for hydroxylation is 1. The first-order chi connectivity index (χ1) is 12.4. The Bertz CT molecular complexity index is 865. The minimum atomic E-state index is -3.48. The Kier molecular flexibility index (Phi) is 5.45. The molecule has 1 fully saturated rings. The number of ether oxygens (including phenoxy) is 1. The summed E-state index contributed by atoms with van der Waals surface area (Å²) in [6.07, 6.45) is 1.46. The lowest BCUT2D eigenvalue weighted by Crippen LogP contribution is -2.48.